The normalized spacial score (nSPS) is 20.5. The van der Waals surface area contributed by atoms with E-state index in [0.29, 0.717) is 0 Å². The van der Waals surface area contributed by atoms with Gasteiger partial charge in [0.05, 0.1) is 6.33 Å². The largest absolute Gasteiger partial charge is 0.347 e. The topological polar surface area (TPSA) is 55.6 Å². The number of aromatic nitrogens is 4. The lowest BCUT2D eigenvalue weighted by Crippen LogP contribution is -1.93. The van der Waals surface area contributed by atoms with Gasteiger partial charge in [-0.1, -0.05) is 7.87 Å². The summed E-state index contributed by atoms with van der Waals surface area (Å²) in [5.74, 6) is 2.21. The highest BCUT2D eigenvalue weighted by Gasteiger charge is 2.12. The van der Waals surface area contributed by atoms with E-state index in [2.05, 4.69) is 20.0 Å². The maximum absolute atomic E-state index is 4.29. The van der Waals surface area contributed by atoms with Gasteiger partial charge in [-0.3, -0.25) is 0 Å². The van der Waals surface area contributed by atoms with E-state index in [1.165, 1.54) is 5.90 Å². The van der Waals surface area contributed by atoms with Crippen molar-refractivity contribution in [2.24, 2.45) is 7.05 Å². The number of aryl methyl sites for hydroxylation is 1. The fourth-order valence-corrected chi connectivity index (χ4v) is 3.73. The highest BCUT2D eigenvalue weighted by Crippen LogP contribution is 2.54. The number of hydrogen-bond acceptors (Lipinski definition) is 4. The number of nitrogens with one attached hydrogen (secondary N) is 1. The monoisotopic (exact) mass is 225 g/mol. The van der Waals surface area contributed by atoms with Crippen LogP contribution in [0.1, 0.15) is 0 Å². The molecule has 0 aromatic carbocycles. The molecule has 0 saturated heterocycles. The fourth-order valence-electron chi connectivity index (χ4n) is 1.29. The zero-order valence-electron chi connectivity index (χ0n) is 7.60. The lowest BCUT2D eigenvalue weighted by atomic mass is 10.5. The van der Waals surface area contributed by atoms with Gasteiger partial charge in [0.1, 0.15) is 6.33 Å². The maximum atomic E-state index is 4.29. The zero-order valence-corrected chi connectivity index (χ0v) is 9.49. The molecule has 0 bridgehead atoms. The van der Waals surface area contributed by atoms with Crippen LogP contribution in [0.25, 0.3) is 11.2 Å². The number of anilines is 1. The Morgan fingerprint density at radius 3 is 3.14 bits per heavy atom. The summed E-state index contributed by atoms with van der Waals surface area (Å²) in [5.41, 5.74) is 1.78. The van der Waals surface area contributed by atoms with Crippen molar-refractivity contribution in [3.8, 4) is 0 Å². The Morgan fingerprint density at radius 1 is 1.50 bits per heavy atom. The third-order valence-corrected chi connectivity index (χ3v) is 5.47. The van der Waals surface area contributed by atoms with E-state index in [1.54, 1.807) is 20.5 Å². The van der Waals surface area contributed by atoms with E-state index in [-0.39, 0.29) is 7.36 Å². The number of nitrogens with zero attached hydrogens (tertiary/aromatic N) is 4. The van der Waals surface area contributed by atoms with Gasteiger partial charge in [0, 0.05) is 13.0 Å². The third kappa shape index (κ3) is 1.33. The Balaban J connectivity index is 2.17. The van der Waals surface area contributed by atoms with Crippen LogP contribution in [0.15, 0.2) is 12.7 Å². The first kappa shape index (κ1) is 8.39. The Labute approximate surface area is 83.0 Å². The minimum Gasteiger partial charge on any atom is -0.347 e. The summed E-state index contributed by atoms with van der Waals surface area (Å²) in [6.45, 7) is 0. The van der Waals surface area contributed by atoms with Crippen molar-refractivity contribution >= 4 is 32.2 Å². The van der Waals surface area contributed by atoms with Crippen molar-refractivity contribution in [3.63, 3.8) is 0 Å². The summed E-state index contributed by atoms with van der Waals surface area (Å²) < 4.78 is 1.91. The van der Waals surface area contributed by atoms with Gasteiger partial charge in [-0.05, 0) is 7.36 Å². The van der Waals surface area contributed by atoms with Gasteiger partial charge in [0.2, 0.25) is 0 Å². The van der Waals surface area contributed by atoms with Crippen LogP contribution in [0.3, 0.4) is 0 Å². The molecule has 0 radical (unpaired) electrons. The highest BCUT2D eigenvalue weighted by atomic mass is 31.8. The van der Waals surface area contributed by atoms with E-state index in [4.69, 9.17) is 0 Å². The molecule has 1 aliphatic heterocycles. The predicted molar refractivity (Wildman–Crippen MR) is 60.0 cm³/mol. The van der Waals surface area contributed by atoms with Crippen LogP contribution in [0.5, 0.6) is 0 Å². The lowest BCUT2D eigenvalue weighted by molar-refractivity contribution is 0.928. The van der Waals surface area contributed by atoms with Crippen LogP contribution in [0.4, 0.5) is 5.82 Å². The molecule has 2 aromatic heterocycles. The summed E-state index contributed by atoms with van der Waals surface area (Å²) in [6.07, 6.45) is 3.36. The third-order valence-electron chi connectivity index (χ3n) is 2.08. The fraction of sp³-hybridized carbons (Fsp3) is 0.286. The Bertz CT molecular complexity index is 532. The van der Waals surface area contributed by atoms with Gasteiger partial charge in [-0.2, -0.15) is 0 Å². The van der Waals surface area contributed by atoms with Gasteiger partial charge >= 0.3 is 0 Å². The van der Waals surface area contributed by atoms with Crippen LogP contribution >= 0.6 is 15.2 Å². The van der Waals surface area contributed by atoms with Crippen molar-refractivity contribution < 1.29 is 0 Å². The Morgan fingerprint density at radius 2 is 2.36 bits per heavy atom. The quantitative estimate of drug-likeness (QED) is 0.791. The second-order valence-electron chi connectivity index (χ2n) is 3.14. The van der Waals surface area contributed by atoms with Crippen LogP contribution in [0, 0.1) is 0 Å². The molecule has 3 heterocycles. The minimum atomic E-state index is -0.335. The summed E-state index contributed by atoms with van der Waals surface area (Å²) in [5, 5.41) is 3.43. The van der Waals surface area contributed by atoms with E-state index >= 15 is 0 Å². The van der Waals surface area contributed by atoms with E-state index in [9.17, 15) is 0 Å². The standard InChI is InChI=1S/C7H9N5P2/c1-12-3-10-5-6(11-14-4-13-14)8-2-9-7(5)12/h2-3,14H,4H2,1H3,(H,8,9,11). The molecule has 1 atom stereocenters. The molecule has 0 saturated carbocycles. The number of fused-ring (bicyclic) bond motifs is 1. The molecule has 5 nitrogen and oxygen atoms in total. The lowest BCUT2D eigenvalue weighted by Gasteiger charge is -2.01. The molecule has 0 amide bonds. The molecule has 0 fully saturated rings. The van der Waals surface area contributed by atoms with Crippen LogP contribution in [-0.4, -0.2) is 25.4 Å². The number of rotatable bonds is 2. The van der Waals surface area contributed by atoms with Crippen molar-refractivity contribution in [1.29, 1.82) is 0 Å². The van der Waals surface area contributed by atoms with Gasteiger partial charge < -0.3 is 9.65 Å². The Hall–Kier alpha value is -0.920. The summed E-state index contributed by atoms with van der Waals surface area (Å²) in [6, 6.07) is 0. The van der Waals surface area contributed by atoms with Crippen LogP contribution in [-0.2, 0) is 7.05 Å². The van der Waals surface area contributed by atoms with E-state index < -0.39 is 0 Å². The molecular formula is C7H9N5P2. The first-order chi connectivity index (χ1) is 6.84. The summed E-state index contributed by atoms with van der Waals surface area (Å²) >= 11 is 0. The number of hydrogen-bond donors (Lipinski definition) is 1. The highest BCUT2D eigenvalue weighted by molar-refractivity contribution is 8.11. The van der Waals surface area contributed by atoms with Crippen molar-refractivity contribution in [2.75, 3.05) is 11.0 Å². The van der Waals surface area contributed by atoms with Gasteiger partial charge in [0.25, 0.3) is 0 Å². The van der Waals surface area contributed by atoms with Gasteiger partial charge in [-0.15, -0.1) is 0 Å². The molecule has 0 aliphatic carbocycles. The molecule has 72 valence electrons. The molecule has 0 spiro atoms. The maximum Gasteiger partial charge on any atom is 0.165 e. The predicted octanol–water partition coefficient (Wildman–Crippen LogP) is 1.74. The number of imidazole rings is 1. The van der Waals surface area contributed by atoms with Gasteiger partial charge in [0.15, 0.2) is 17.0 Å². The van der Waals surface area contributed by atoms with Crippen LogP contribution < -0.4 is 5.09 Å². The molecule has 1 N–H and O–H groups in total. The van der Waals surface area contributed by atoms with Gasteiger partial charge in [-0.25, -0.2) is 15.0 Å². The minimum absolute atomic E-state index is 0.335. The zero-order chi connectivity index (χ0) is 9.54. The van der Waals surface area contributed by atoms with Crippen molar-refractivity contribution in [3.05, 3.63) is 12.7 Å². The van der Waals surface area contributed by atoms with Crippen molar-refractivity contribution in [2.45, 2.75) is 0 Å². The average molecular weight is 225 g/mol. The van der Waals surface area contributed by atoms with Crippen LogP contribution in [0.2, 0.25) is 0 Å². The summed E-state index contributed by atoms with van der Waals surface area (Å²) in [7, 11) is 3.15. The molecule has 7 heteroatoms. The van der Waals surface area contributed by atoms with Crippen molar-refractivity contribution in [1.82, 2.24) is 19.5 Å². The van der Waals surface area contributed by atoms with E-state index in [1.807, 2.05) is 11.6 Å². The smallest absolute Gasteiger partial charge is 0.165 e. The first-order valence-electron chi connectivity index (χ1n) is 4.27. The second-order valence-corrected chi connectivity index (χ2v) is 8.43. The second kappa shape index (κ2) is 3.04. The molecule has 1 unspecified atom stereocenters. The Kier molecular flexibility index (Phi) is 1.82. The summed E-state index contributed by atoms with van der Waals surface area (Å²) in [4.78, 5) is 12.7. The molecule has 14 heavy (non-hydrogen) atoms. The molecule has 3 rings (SSSR count). The molecular weight excluding hydrogens is 216 g/mol. The first-order valence-corrected chi connectivity index (χ1v) is 7.90. The SMILES string of the molecule is Cn1cnc2c(N[PH]3=PC3)ncnc21. The molecule has 1 aliphatic rings. The average Bonchev–Trinajstić information content (AvgIpc) is 2.92. The molecule has 2 aromatic rings. The van der Waals surface area contributed by atoms with E-state index in [0.717, 1.165) is 17.0 Å².